The van der Waals surface area contributed by atoms with Gasteiger partial charge in [-0.2, -0.15) is 0 Å². The van der Waals surface area contributed by atoms with Crippen molar-refractivity contribution in [2.45, 2.75) is 6.04 Å². The van der Waals surface area contributed by atoms with Gasteiger partial charge in [0.25, 0.3) is 5.91 Å². The van der Waals surface area contributed by atoms with E-state index in [-0.39, 0.29) is 11.3 Å². The van der Waals surface area contributed by atoms with Gasteiger partial charge in [0.15, 0.2) is 11.5 Å². The van der Waals surface area contributed by atoms with Crippen LogP contribution < -0.4 is 4.90 Å². The summed E-state index contributed by atoms with van der Waals surface area (Å²) < 4.78 is 5.17. The van der Waals surface area contributed by atoms with Crippen molar-refractivity contribution in [2.24, 2.45) is 0 Å². The Bertz CT molecular complexity index is 763. The molecule has 0 unspecified atom stereocenters. The number of carbonyl (C=O) groups excluding carboxylic acids is 2. The minimum absolute atomic E-state index is 0.0890. The van der Waals surface area contributed by atoms with Crippen molar-refractivity contribution in [2.75, 3.05) is 27.2 Å². The van der Waals surface area contributed by atoms with Gasteiger partial charge in [0.05, 0.1) is 45.1 Å². The Morgan fingerprint density at radius 3 is 2.75 bits per heavy atom. The van der Waals surface area contributed by atoms with Crippen LogP contribution in [-0.4, -0.2) is 48.9 Å². The number of nitrogens with one attached hydrogen (secondary N) is 1. The van der Waals surface area contributed by atoms with E-state index in [4.69, 9.17) is 4.42 Å². The average Bonchev–Trinajstić information content (AvgIpc) is 3.27. The number of aliphatic hydroxyl groups excluding tert-OH is 1. The zero-order valence-corrected chi connectivity index (χ0v) is 14.3. The Morgan fingerprint density at radius 1 is 1.38 bits per heavy atom. The third kappa shape index (κ3) is 2.88. The fraction of sp³-hybridized carbons (Fsp3) is 0.294. The number of amides is 1. The van der Waals surface area contributed by atoms with Crippen LogP contribution in [0.2, 0.25) is 0 Å². The number of hydrogen-bond acceptors (Lipinski definition) is 5. The first-order valence-corrected chi connectivity index (χ1v) is 8.53. The molecule has 0 aromatic carbocycles. The summed E-state index contributed by atoms with van der Waals surface area (Å²) >= 11 is 1.45. The molecule has 1 atom stereocenters. The average molecular weight is 347 g/mol. The van der Waals surface area contributed by atoms with E-state index in [2.05, 4.69) is 0 Å². The molecule has 6 nitrogen and oxygen atoms in total. The van der Waals surface area contributed by atoms with Gasteiger partial charge in [-0.3, -0.25) is 9.59 Å². The van der Waals surface area contributed by atoms with Gasteiger partial charge >= 0.3 is 0 Å². The van der Waals surface area contributed by atoms with Gasteiger partial charge in [-0.05, 0) is 23.6 Å². The molecule has 1 amide bonds. The van der Waals surface area contributed by atoms with E-state index in [0.29, 0.717) is 13.1 Å². The number of hydrogen-bond donors (Lipinski definition) is 2. The van der Waals surface area contributed by atoms with Crippen molar-refractivity contribution in [1.29, 1.82) is 0 Å². The molecule has 1 aliphatic heterocycles. The fourth-order valence-corrected chi connectivity index (χ4v) is 3.59. The van der Waals surface area contributed by atoms with Crippen LogP contribution in [0.5, 0.6) is 0 Å². The van der Waals surface area contributed by atoms with Gasteiger partial charge in [0.1, 0.15) is 0 Å². The maximum atomic E-state index is 12.8. The molecular weight excluding hydrogens is 328 g/mol. The van der Waals surface area contributed by atoms with Crippen LogP contribution in [0, 0.1) is 0 Å². The topological polar surface area (TPSA) is 75.2 Å². The molecule has 0 bridgehead atoms. The Balaban J connectivity index is 2.01. The second-order valence-corrected chi connectivity index (χ2v) is 6.92. The summed E-state index contributed by atoms with van der Waals surface area (Å²) in [6.07, 6.45) is 1.40. The predicted octanol–water partition coefficient (Wildman–Crippen LogP) is 1.06. The lowest BCUT2D eigenvalue weighted by atomic mass is 10.0. The first-order valence-electron chi connectivity index (χ1n) is 7.65. The zero-order chi connectivity index (χ0) is 17.3. The molecule has 2 aromatic heterocycles. The van der Waals surface area contributed by atoms with Crippen molar-refractivity contribution in [3.63, 3.8) is 0 Å². The molecule has 24 heavy (non-hydrogen) atoms. The standard InChI is InChI=1S/C17H18N2O4S/c1-18(2)7-8-19-14(12-6-4-10-24-12)13(16(21)17(19)22)15(20)11-5-3-9-23-11/h3-6,9-10,14,21H,7-8H2,1-2H3/p+1/t14-/m0/s1. The van der Waals surface area contributed by atoms with Gasteiger partial charge in [0, 0.05) is 4.88 Å². The first kappa shape index (κ1) is 16.5. The van der Waals surface area contributed by atoms with E-state index in [1.165, 1.54) is 28.6 Å². The normalized spacial score (nSPS) is 18.0. The van der Waals surface area contributed by atoms with E-state index in [9.17, 15) is 14.7 Å². The summed E-state index contributed by atoms with van der Waals surface area (Å²) in [6, 6.07) is 6.30. The Kier molecular flexibility index (Phi) is 4.55. The monoisotopic (exact) mass is 347 g/mol. The van der Waals surface area contributed by atoms with Crippen LogP contribution in [0.15, 0.2) is 51.7 Å². The van der Waals surface area contributed by atoms with E-state index in [0.717, 1.165) is 4.88 Å². The molecule has 2 N–H and O–H groups in total. The summed E-state index contributed by atoms with van der Waals surface area (Å²) in [5.74, 6) is -1.33. The minimum Gasteiger partial charge on any atom is -0.503 e. The molecule has 0 saturated carbocycles. The third-order valence-electron chi connectivity index (χ3n) is 3.96. The van der Waals surface area contributed by atoms with Crippen LogP contribution >= 0.6 is 11.3 Å². The highest BCUT2D eigenvalue weighted by Crippen LogP contribution is 2.40. The van der Waals surface area contributed by atoms with Crippen molar-refractivity contribution in [1.82, 2.24) is 4.90 Å². The minimum atomic E-state index is -0.575. The number of nitrogens with zero attached hydrogens (tertiary/aromatic N) is 1. The zero-order valence-electron chi connectivity index (χ0n) is 13.5. The lowest BCUT2D eigenvalue weighted by Gasteiger charge is -2.25. The second kappa shape index (κ2) is 6.62. The highest BCUT2D eigenvalue weighted by Gasteiger charge is 2.44. The lowest BCUT2D eigenvalue weighted by molar-refractivity contribution is -0.857. The number of rotatable bonds is 6. The Hall–Kier alpha value is -2.38. The summed E-state index contributed by atoms with van der Waals surface area (Å²) in [4.78, 5) is 28.9. The molecule has 3 heterocycles. The summed E-state index contributed by atoms with van der Waals surface area (Å²) in [5, 5.41) is 12.2. The second-order valence-electron chi connectivity index (χ2n) is 5.94. The van der Waals surface area contributed by atoms with Crippen LogP contribution in [-0.2, 0) is 4.79 Å². The number of likely N-dealkylation sites (N-methyl/N-ethyl adjacent to an activating group) is 1. The molecular formula is C17H19N2O4S+. The molecule has 126 valence electrons. The SMILES string of the molecule is C[NH+](C)CCN1C(=O)C(O)=C(C(=O)c2ccco2)[C@@H]1c1cccs1. The Morgan fingerprint density at radius 2 is 2.17 bits per heavy atom. The number of ketones is 1. The van der Waals surface area contributed by atoms with Crippen molar-refractivity contribution < 1.29 is 24.0 Å². The molecule has 3 rings (SSSR count). The van der Waals surface area contributed by atoms with E-state index in [1.54, 1.807) is 11.0 Å². The summed E-state index contributed by atoms with van der Waals surface area (Å²) in [5.41, 5.74) is 0.0890. The molecule has 0 saturated heterocycles. The summed E-state index contributed by atoms with van der Waals surface area (Å²) in [7, 11) is 3.98. The highest BCUT2D eigenvalue weighted by molar-refractivity contribution is 7.10. The number of quaternary nitrogens is 1. The van der Waals surface area contributed by atoms with Crippen molar-refractivity contribution >= 4 is 23.0 Å². The van der Waals surface area contributed by atoms with Crippen LogP contribution in [0.25, 0.3) is 0 Å². The van der Waals surface area contributed by atoms with Crippen LogP contribution in [0.1, 0.15) is 21.5 Å². The Labute approximate surface area is 143 Å². The molecule has 7 heteroatoms. The number of furan rings is 1. The number of thiophene rings is 1. The maximum Gasteiger partial charge on any atom is 0.290 e. The maximum absolute atomic E-state index is 12.8. The number of Topliss-reactive ketones (excluding diaryl/α,β-unsaturated/α-hetero) is 1. The molecule has 0 radical (unpaired) electrons. The van der Waals surface area contributed by atoms with Gasteiger partial charge in [-0.1, -0.05) is 6.07 Å². The smallest absolute Gasteiger partial charge is 0.290 e. The van der Waals surface area contributed by atoms with Crippen LogP contribution in [0.4, 0.5) is 0 Å². The fourth-order valence-electron chi connectivity index (χ4n) is 2.74. The number of aliphatic hydroxyl groups is 1. The van der Waals surface area contributed by atoms with Gasteiger partial charge in [-0.25, -0.2) is 0 Å². The summed E-state index contributed by atoms with van der Waals surface area (Å²) in [6.45, 7) is 1.16. The molecule has 0 spiro atoms. The van der Waals surface area contributed by atoms with E-state index < -0.39 is 23.5 Å². The van der Waals surface area contributed by atoms with E-state index in [1.807, 2.05) is 31.6 Å². The molecule has 2 aromatic rings. The van der Waals surface area contributed by atoms with Gasteiger partial charge < -0.3 is 19.3 Å². The first-order chi connectivity index (χ1) is 11.5. The predicted molar refractivity (Wildman–Crippen MR) is 89.1 cm³/mol. The number of carbonyl (C=O) groups is 2. The van der Waals surface area contributed by atoms with E-state index >= 15 is 0 Å². The van der Waals surface area contributed by atoms with Gasteiger partial charge in [-0.15, -0.1) is 11.3 Å². The third-order valence-corrected chi connectivity index (χ3v) is 4.88. The van der Waals surface area contributed by atoms with Crippen molar-refractivity contribution in [3.8, 4) is 0 Å². The van der Waals surface area contributed by atoms with Gasteiger partial charge in [0.2, 0.25) is 5.78 Å². The lowest BCUT2D eigenvalue weighted by Crippen LogP contribution is -3.06. The quantitative estimate of drug-likeness (QED) is 0.767. The largest absolute Gasteiger partial charge is 0.503 e. The molecule has 0 aliphatic carbocycles. The van der Waals surface area contributed by atoms with Crippen LogP contribution in [0.3, 0.4) is 0 Å². The molecule has 0 fully saturated rings. The molecule has 1 aliphatic rings. The van der Waals surface area contributed by atoms with Crippen molar-refractivity contribution in [3.05, 3.63) is 57.9 Å². The highest BCUT2D eigenvalue weighted by atomic mass is 32.1.